The number of hydrogen-bond donors (Lipinski definition) is 0. The molecule has 2 rings (SSSR count). The highest BCUT2D eigenvalue weighted by Crippen LogP contribution is 2.17. The maximum atomic E-state index is 12.7. The van der Waals surface area contributed by atoms with E-state index < -0.39 is 0 Å². The minimum absolute atomic E-state index is 0.200. The summed E-state index contributed by atoms with van der Waals surface area (Å²) >= 11 is 5.85. The number of rotatable bonds is 5. The number of ether oxygens (including phenoxy) is 1. The van der Waals surface area contributed by atoms with Gasteiger partial charge in [-0.25, -0.2) is 4.39 Å². The van der Waals surface area contributed by atoms with Crippen molar-refractivity contribution in [1.82, 2.24) is 0 Å². The molecule has 0 aliphatic rings. The lowest BCUT2D eigenvalue weighted by molar-refractivity contribution is 0.311. The summed E-state index contributed by atoms with van der Waals surface area (Å²) in [7, 11) is 0. The first kappa shape index (κ1) is 12.9. The summed E-state index contributed by atoms with van der Waals surface area (Å²) in [6.07, 6.45) is 1.76. The Kier molecular flexibility index (Phi) is 4.59. The van der Waals surface area contributed by atoms with Crippen molar-refractivity contribution in [1.29, 1.82) is 0 Å². The van der Waals surface area contributed by atoms with Gasteiger partial charge in [0, 0.05) is 5.02 Å². The lowest BCUT2D eigenvalue weighted by atomic mass is 10.1. The van der Waals surface area contributed by atoms with Crippen LogP contribution in [0.25, 0.3) is 0 Å². The van der Waals surface area contributed by atoms with E-state index in [4.69, 9.17) is 16.3 Å². The van der Waals surface area contributed by atoms with Crippen LogP contribution >= 0.6 is 11.6 Å². The van der Waals surface area contributed by atoms with Gasteiger partial charge in [0.2, 0.25) is 0 Å². The fourth-order valence-electron chi connectivity index (χ4n) is 1.67. The molecule has 2 aromatic rings. The first-order valence-electron chi connectivity index (χ1n) is 5.87. The zero-order valence-corrected chi connectivity index (χ0v) is 10.7. The lowest BCUT2D eigenvalue weighted by Gasteiger charge is -2.06. The molecule has 0 radical (unpaired) electrons. The molecular formula is C15H14ClFO. The SMILES string of the molecule is Fc1ccc(CCCOc2cccc(Cl)c2)cc1. The van der Waals surface area contributed by atoms with E-state index in [1.807, 2.05) is 18.2 Å². The second-order valence-electron chi connectivity index (χ2n) is 4.04. The molecule has 0 bridgehead atoms. The molecule has 0 heterocycles. The van der Waals surface area contributed by atoms with Crippen LogP contribution in [0.4, 0.5) is 4.39 Å². The van der Waals surface area contributed by atoms with Gasteiger partial charge >= 0.3 is 0 Å². The van der Waals surface area contributed by atoms with Crippen molar-refractivity contribution in [3.63, 3.8) is 0 Å². The molecule has 0 aliphatic carbocycles. The van der Waals surface area contributed by atoms with E-state index in [9.17, 15) is 4.39 Å². The van der Waals surface area contributed by atoms with Crippen molar-refractivity contribution in [2.24, 2.45) is 0 Å². The summed E-state index contributed by atoms with van der Waals surface area (Å²) in [5.74, 6) is 0.579. The van der Waals surface area contributed by atoms with Crippen molar-refractivity contribution >= 4 is 11.6 Å². The Balaban J connectivity index is 1.74. The Bertz CT molecular complexity index is 496. The zero-order chi connectivity index (χ0) is 12.8. The van der Waals surface area contributed by atoms with E-state index in [0.717, 1.165) is 24.2 Å². The van der Waals surface area contributed by atoms with E-state index in [-0.39, 0.29) is 5.82 Å². The fraction of sp³-hybridized carbons (Fsp3) is 0.200. The standard InChI is InChI=1S/C15H14ClFO/c16-13-4-1-5-15(11-13)18-10-2-3-12-6-8-14(17)9-7-12/h1,4-9,11H,2-3,10H2. The molecule has 2 aromatic carbocycles. The molecule has 0 N–H and O–H groups in total. The van der Waals surface area contributed by atoms with E-state index in [1.54, 1.807) is 18.2 Å². The first-order valence-corrected chi connectivity index (χ1v) is 6.25. The van der Waals surface area contributed by atoms with Crippen molar-refractivity contribution in [3.05, 3.63) is 64.9 Å². The van der Waals surface area contributed by atoms with Gasteiger partial charge in [0.1, 0.15) is 11.6 Å². The molecule has 1 nitrogen and oxygen atoms in total. The summed E-state index contributed by atoms with van der Waals surface area (Å²) in [4.78, 5) is 0. The van der Waals surface area contributed by atoms with Crippen LogP contribution in [-0.2, 0) is 6.42 Å². The minimum atomic E-state index is -0.200. The summed E-state index contributed by atoms with van der Waals surface area (Å²) in [6.45, 7) is 0.623. The minimum Gasteiger partial charge on any atom is -0.494 e. The van der Waals surface area contributed by atoms with Gasteiger partial charge in [-0.05, 0) is 48.7 Å². The van der Waals surface area contributed by atoms with Crippen LogP contribution in [0.15, 0.2) is 48.5 Å². The Morgan fingerprint density at radius 3 is 2.56 bits per heavy atom. The Morgan fingerprint density at radius 1 is 1.06 bits per heavy atom. The van der Waals surface area contributed by atoms with Crippen LogP contribution in [0.2, 0.25) is 5.02 Å². The van der Waals surface area contributed by atoms with Crippen molar-refractivity contribution in [2.75, 3.05) is 6.61 Å². The van der Waals surface area contributed by atoms with Gasteiger partial charge < -0.3 is 4.74 Å². The number of benzene rings is 2. The van der Waals surface area contributed by atoms with Gasteiger partial charge in [-0.1, -0.05) is 29.8 Å². The molecule has 0 unspecified atom stereocenters. The summed E-state index contributed by atoms with van der Waals surface area (Å²) in [5.41, 5.74) is 1.12. The third-order valence-corrected chi connectivity index (χ3v) is 2.82. The normalized spacial score (nSPS) is 10.3. The molecule has 0 fully saturated rings. The Morgan fingerprint density at radius 2 is 1.83 bits per heavy atom. The molecule has 0 atom stereocenters. The number of halogens is 2. The predicted octanol–water partition coefficient (Wildman–Crippen LogP) is 4.49. The molecule has 3 heteroatoms. The summed E-state index contributed by atoms with van der Waals surface area (Å²) in [6, 6.07) is 13.9. The maximum absolute atomic E-state index is 12.7. The van der Waals surface area contributed by atoms with Crippen molar-refractivity contribution in [3.8, 4) is 5.75 Å². The van der Waals surface area contributed by atoms with Crippen LogP contribution in [0.5, 0.6) is 5.75 Å². The van der Waals surface area contributed by atoms with E-state index >= 15 is 0 Å². The third kappa shape index (κ3) is 4.04. The average Bonchev–Trinajstić information content (AvgIpc) is 2.37. The molecular weight excluding hydrogens is 251 g/mol. The summed E-state index contributed by atoms with van der Waals surface area (Å²) < 4.78 is 18.3. The summed E-state index contributed by atoms with van der Waals surface area (Å²) in [5, 5.41) is 0.672. The van der Waals surface area contributed by atoms with Crippen LogP contribution in [-0.4, -0.2) is 6.61 Å². The quantitative estimate of drug-likeness (QED) is 0.723. The highest BCUT2D eigenvalue weighted by molar-refractivity contribution is 6.30. The molecule has 94 valence electrons. The van der Waals surface area contributed by atoms with Crippen LogP contribution < -0.4 is 4.74 Å². The van der Waals surface area contributed by atoms with E-state index in [2.05, 4.69) is 0 Å². The molecule has 18 heavy (non-hydrogen) atoms. The highest BCUT2D eigenvalue weighted by atomic mass is 35.5. The van der Waals surface area contributed by atoms with Crippen LogP contribution in [0, 0.1) is 5.82 Å². The largest absolute Gasteiger partial charge is 0.494 e. The lowest BCUT2D eigenvalue weighted by Crippen LogP contribution is -1.99. The Hall–Kier alpha value is -1.54. The topological polar surface area (TPSA) is 9.23 Å². The molecule has 0 amide bonds. The zero-order valence-electron chi connectivity index (χ0n) is 9.90. The van der Waals surface area contributed by atoms with Crippen molar-refractivity contribution in [2.45, 2.75) is 12.8 Å². The molecule has 0 aromatic heterocycles. The van der Waals surface area contributed by atoms with Gasteiger partial charge in [-0.2, -0.15) is 0 Å². The highest BCUT2D eigenvalue weighted by Gasteiger charge is 1.97. The van der Waals surface area contributed by atoms with E-state index in [1.165, 1.54) is 12.1 Å². The van der Waals surface area contributed by atoms with Gasteiger partial charge in [0.15, 0.2) is 0 Å². The molecule has 0 saturated carbocycles. The number of hydrogen-bond acceptors (Lipinski definition) is 1. The van der Waals surface area contributed by atoms with Crippen molar-refractivity contribution < 1.29 is 9.13 Å². The van der Waals surface area contributed by atoms with Crippen LogP contribution in [0.3, 0.4) is 0 Å². The monoisotopic (exact) mass is 264 g/mol. The molecule has 0 saturated heterocycles. The van der Waals surface area contributed by atoms with Crippen LogP contribution in [0.1, 0.15) is 12.0 Å². The average molecular weight is 265 g/mol. The third-order valence-electron chi connectivity index (χ3n) is 2.59. The second kappa shape index (κ2) is 6.41. The first-order chi connectivity index (χ1) is 8.74. The van der Waals surface area contributed by atoms with Gasteiger partial charge in [-0.3, -0.25) is 0 Å². The Labute approximate surface area is 111 Å². The maximum Gasteiger partial charge on any atom is 0.123 e. The van der Waals surface area contributed by atoms with Gasteiger partial charge in [0.05, 0.1) is 6.61 Å². The number of aryl methyl sites for hydroxylation is 1. The van der Waals surface area contributed by atoms with E-state index in [0.29, 0.717) is 11.6 Å². The second-order valence-corrected chi connectivity index (χ2v) is 4.47. The molecule has 0 aliphatic heterocycles. The smallest absolute Gasteiger partial charge is 0.123 e. The van der Waals surface area contributed by atoms with Gasteiger partial charge in [-0.15, -0.1) is 0 Å². The molecule has 0 spiro atoms. The fourth-order valence-corrected chi connectivity index (χ4v) is 1.85. The van der Waals surface area contributed by atoms with Gasteiger partial charge in [0.25, 0.3) is 0 Å². The predicted molar refractivity (Wildman–Crippen MR) is 71.7 cm³/mol.